The van der Waals surface area contributed by atoms with Crippen molar-refractivity contribution in [2.75, 3.05) is 25.0 Å². The molecular formula is C15H16N2O4. The molecule has 0 aromatic heterocycles. The molecule has 0 bridgehead atoms. The topological polar surface area (TPSA) is 77.9 Å². The van der Waals surface area contributed by atoms with Crippen molar-refractivity contribution < 1.29 is 19.5 Å². The van der Waals surface area contributed by atoms with Gasteiger partial charge in [0.2, 0.25) is 11.8 Å². The molecule has 0 unspecified atom stereocenters. The largest absolute Gasteiger partial charge is 0.481 e. The predicted molar refractivity (Wildman–Crippen MR) is 75.0 cm³/mol. The van der Waals surface area contributed by atoms with E-state index in [1.807, 2.05) is 0 Å². The molecule has 1 N–H and O–H groups in total. The summed E-state index contributed by atoms with van der Waals surface area (Å²) in [6.45, 7) is 0.184. The molecule has 6 nitrogen and oxygen atoms in total. The number of carbonyl (C=O) groups is 3. The van der Waals surface area contributed by atoms with Crippen LogP contribution in [0.3, 0.4) is 0 Å². The van der Waals surface area contributed by atoms with Crippen molar-refractivity contribution in [1.29, 1.82) is 0 Å². The molecule has 21 heavy (non-hydrogen) atoms. The Morgan fingerprint density at radius 1 is 1.14 bits per heavy atom. The van der Waals surface area contributed by atoms with Gasteiger partial charge in [0.05, 0.1) is 18.5 Å². The number of rotatable bonds is 3. The number of anilines is 1. The number of piperazine rings is 1. The van der Waals surface area contributed by atoms with E-state index in [2.05, 4.69) is 0 Å². The fourth-order valence-corrected chi connectivity index (χ4v) is 2.78. The predicted octanol–water partition coefficient (Wildman–Crippen LogP) is 0.608. The van der Waals surface area contributed by atoms with E-state index in [1.54, 1.807) is 29.2 Å². The summed E-state index contributed by atoms with van der Waals surface area (Å²) in [5, 5.41) is 9.47. The van der Waals surface area contributed by atoms with Gasteiger partial charge in [-0.05, 0) is 24.5 Å². The van der Waals surface area contributed by atoms with E-state index in [9.17, 15) is 19.5 Å². The minimum absolute atomic E-state index is 0.0922. The standard InChI is InChI=1S/C15H16N2O4/c1-16-12(18)8-17(9-13(16)19)11-5-3-2-4-10(11)15(6-7-15)14(20)21/h2-5H,6-9H2,1H3,(H,20,21). The van der Waals surface area contributed by atoms with Crippen LogP contribution in [0.1, 0.15) is 18.4 Å². The molecule has 2 fully saturated rings. The average molecular weight is 288 g/mol. The van der Waals surface area contributed by atoms with Gasteiger partial charge in [-0.15, -0.1) is 0 Å². The van der Waals surface area contributed by atoms with Crippen LogP contribution in [0, 0.1) is 0 Å². The zero-order chi connectivity index (χ0) is 15.2. The summed E-state index contributed by atoms with van der Waals surface area (Å²) < 4.78 is 0. The van der Waals surface area contributed by atoms with Crippen molar-refractivity contribution in [3.63, 3.8) is 0 Å². The Labute approximate surface area is 122 Å². The van der Waals surface area contributed by atoms with Crippen LogP contribution in [-0.2, 0) is 19.8 Å². The number of nitrogens with zero attached hydrogens (tertiary/aromatic N) is 2. The van der Waals surface area contributed by atoms with Crippen LogP contribution in [0.4, 0.5) is 5.69 Å². The lowest BCUT2D eigenvalue weighted by molar-refractivity contribution is -0.143. The second-order valence-electron chi connectivity index (χ2n) is 5.61. The summed E-state index contributed by atoms with van der Waals surface area (Å²) >= 11 is 0. The molecule has 0 atom stereocenters. The zero-order valence-electron chi connectivity index (χ0n) is 11.7. The van der Waals surface area contributed by atoms with Gasteiger partial charge < -0.3 is 10.0 Å². The monoisotopic (exact) mass is 288 g/mol. The molecular weight excluding hydrogens is 272 g/mol. The van der Waals surface area contributed by atoms with Crippen molar-refractivity contribution in [2.45, 2.75) is 18.3 Å². The minimum Gasteiger partial charge on any atom is -0.481 e. The Balaban J connectivity index is 1.99. The lowest BCUT2D eigenvalue weighted by Gasteiger charge is -2.34. The van der Waals surface area contributed by atoms with Gasteiger partial charge in [0, 0.05) is 12.7 Å². The third-order valence-electron chi connectivity index (χ3n) is 4.32. The number of carbonyl (C=O) groups excluding carboxylic acids is 2. The van der Waals surface area contributed by atoms with E-state index >= 15 is 0 Å². The lowest BCUT2D eigenvalue weighted by Crippen LogP contribution is -2.52. The molecule has 2 amide bonds. The maximum atomic E-state index is 11.8. The summed E-state index contributed by atoms with van der Waals surface area (Å²) in [7, 11) is 1.47. The lowest BCUT2D eigenvalue weighted by atomic mass is 9.93. The average Bonchev–Trinajstić information content (AvgIpc) is 3.26. The maximum absolute atomic E-state index is 11.8. The second-order valence-corrected chi connectivity index (χ2v) is 5.61. The second kappa shape index (κ2) is 4.58. The molecule has 1 aliphatic heterocycles. The first-order valence-electron chi connectivity index (χ1n) is 6.83. The number of carboxylic acids is 1. The molecule has 0 radical (unpaired) electrons. The molecule has 1 saturated heterocycles. The number of aliphatic carboxylic acids is 1. The summed E-state index contributed by atoms with van der Waals surface area (Å²) in [5.41, 5.74) is 0.515. The molecule has 2 aliphatic rings. The molecule has 0 spiro atoms. The number of carboxylic acid groups (broad SMARTS) is 1. The van der Waals surface area contributed by atoms with Crippen LogP contribution in [0.5, 0.6) is 0 Å². The summed E-state index contributed by atoms with van der Waals surface area (Å²) in [4.78, 5) is 38.0. The van der Waals surface area contributed by atoms with Crippen LogP contribution >= 0.6 is 0 Å². The van der Waals surface area contributed by atoms with E-state index in [0.29, 0.717) is 24.1 Å². The van der Waals surface area contributed by atoms with Crippen LogP contribution in [0.15, 0.2) is 24.3 Å². The molecule has 110 valence electrons. The third-order valence-corrected chi connectivity index (χ3v) is 4.32. The number of para-hydroxylation sites is 1. The fourth-order valence-electron chi connectivity index (χ4n) is 2.78. The van der Waals surface area contributed by atoms with E-state index in [1.165, 1.54) is 7.05 Å². The van der Waals surface area contributed by atoms with Crippen molar-refractivity contribution in [3.05, 3.63) is 29.8 Å². The Kier molecular flexibility index (Phi) is 2.97. The number of hydrogen-bond donors (Lipinski definition) is 1. The van der Waals surface area contributed by atoms with Crippen LogP contribution in [0.25, 0.3) is 0 Å². The Hall–Kier alpha value is -2.37. The van der Waals surface area contributed by atoms with E-state index in [4.69, 9.17) is 0 Å². The number of amides is 2. The first-order chi connectivity index (χ1) is 9.95. The molecule has 3 rings (SSSR count). The molecule has 1 aromatic carbocycles. The Morgan fingerprint density at radius 2 is 1.71 bits per heavy atom. The summed E-state index contributed by atoms with van der Waals surface area (Å²) in [6, 6.07) is 7.15. The van der Waals surface area contributed by atoms with Crippen molar-refractivity contribution in [3.8, 4) is 0 Å². The van der Waals surface area contributed by atoms with E-state index in [0.717, 1.165) is 4.90 Å². The van der Waals surface area contributed by atoms with Crippen LogP contribution in [-0.4, -0.2) is 47.9 Å². The molecule has 1 saturated carbocycles. The van der Waals surface area contributed by atoms with Gasteiger partial charge in [-0.25, -0.2) is 0 Å². The number of imide groups is 1. The molecule has 1 heterocycles. The van der Waals surface area contributed by atoms with Gasteiger partial charge in [0.15, 0.2) is 0 Å². The smallest absolute Gasteiger partial charge is 0.314 e. The molecule has 1 aromatic rings. The van der Waals surface area contributed by atoms with E-state index < -0.39 is 11.4 Å². The van der Waals surface area contributed by atoms with Crippen molar-refractivity contribution in [2.24, 2.45) is 0 Å². The molecule has 1 aliphatic carbocycles. The molecule has 6 heteroatoms. The highest BCUT2D eigenvalue weighted by Crippen LogP contribution is 2.51. The highest BCUT2D eigenvalue weighted by Gasteiger charge is 2.53. The van der Waals surface area contributed by atoms with Gasteiger partial charge in [0.25, 0.3) is 0 Å². The highest BCUT2D eigenvalue weighted by atomic mass is 16.4. The summed E-state index contributed by atoms with van der Waals surface area (Å²) in [6.07, 6.45) is 1.18. The number of likely N-dealkylation sites (N-methyl/N-ethyl adjacent to an activating group) is 1. The van der Waals surface area contributed by atoms with Gasteiger partial charge in [-0.2, -0.15) is 0 Å². The van der Waals surface area contributed by atoms with Gasteiger partial charge in [0.1, 0.15) is 0 Å². The Morgan fingerprint density at radius 3 is 2.24 bits per heavy atom. The third kappa shape index (κ3) is 2.07. The highest BCUT2D eigenvalue weighted by molar-refractivity contribution is 6.03. The van der Waals surface area contributed by atoms with Crippen LogP contribution in [0.2, 0.25) is 0 Å². The SMILES string of the molecule is CN1C(=O)CN(c2ccccc2C2(C(=O)O)CC2)CC1=O. The Bertz CT molecular complexity index is 618. The van der Waals surface area contributed by atoms with E-state index in [-0.39, 0.29) is 24.9 Å². The van der Waals surface area contributed by atoms with Crippen LogP contribution < -0.4 is 4.90 Å². The fraction of sp³-hybridized carbons (Fsp3) is 0.400. The normalized spacial score (nSPS) is 20.6. The first kappa shape index (κ1) is 13.6. The van der Waals surface area contributed by atoms with Gasteiger partial charge >= 0.3 is 5.97 Å². The van der Waals surface area contributed by atoms with Gasteiger partial charge in [-0.1, -0.05) is 18.2 Å². The summed E-state index contributed by atoms with van der Waals surface area (Å²) in [5.74, 6) is -1.40. The van der Waals surface area contributed by atoms with Crippen molar-refractivity contribution in [1.82, 2.24) is 4.90 Å². The van der Waals surface area contributed by atoms with Gasteiger partial charge in [-0.3, -0.25) is 19.3 Å². The zero-order valence-corrected chi connectivity index (χ0v) is 11.7. The maximum Gasteiger partial charge on any atom is 0.314 e. The number of hydrogen-bond acceptors (Lipinski definition) is 4. The van der Waals surface area contributed by atoms with Crippen molar-refractivity contribution >= 4 is 23.5 Å². The quantitative estimate of drug-likeness (QED) is 0.824. The first-order valence-corrected chi connectivity index (χ1v) is 6.83. The number of benzene rings is 1. The minimum atomic E-state index is -0.855.